The molecule has 2 aromatic carbocycles. The number of furan rings is 1. The quantitative estimate of drug-likeness (QED) is 0.336. The zero-order valence-electron chi connectivity index (χ0n) is 13.4. The molecule has 3 aromatic rings. The highest BCUT2D eigenvalue weighted by atomic mass is 35.5. The van der Waals surface area contributed by atoms with Gasteiger partial charge in [0.2, 0.25) is 0 Å². The molecule has 132 valence electrons. The summed E-state index contributed by atoms with van der Waals surface area (Å²) in [5.41, 5.74) is 0.378. The smallest absolute Gasteiger partial charge is 0.187 e. The third kappa shape index (κ3) is 4.92. The van der Waals surface area contributed by atoms with E-state index in [-0.39, 0.29) is 12.4 Å². The van der Waals surface area contributed by atoms with Crippen molar-refractivity contribution in [3.8, 4) is 5.75 Å². The van der Waals surface area contributed by atoms with Crippen molar-refractivity contribution >= 4 is 46.7 Å². The van der Waals surface area contributed by atoms with Crippen molar-refractivity contribution in [2.75, 3.05) is 0 Å². The topological polar surface area (TPSA) is 39.4 Å². The molecule has 3 nitrogen and oxygen atoms in total. The Morgan fingerprint density at radius 3 is 2.58 bits per heavy atom. The fourth-order valence-corrected chi connectivity index (χ4v) is 2.89. The minimum Gasteiger partial charge on any atom is -0.486 e. The second-order valence-electron chi connectivity index (χ2n) is 5.37. The molecular weight excluding hydrogens is 395 g/mol. The molecular formula is C20H13Cl3O3. The van der Waals surface area contributed by atoms with E-state index < -0.39 is 0 Å². The molecule has 0 spiro atoms. The lowest BCUT2D eigenvalue weighted by Gasteiger charge is -2.03. The van der Waals surface area contributed by atoms with Crippen molar-refractivity contribution in [1.82, 2.24) is 0 Å². The number of allylic oxidation sites excluding steroid dienone is 1. The van der Waals surface area contributed by atoms with Crippen LogP contribution in [-0.2, 0) is 6.61 Å². The molecule has 0 saturated carbocycles. The van der Waals surface area contributed by atoms with E-state index in [2.05, 4.69) is 0 Å². The first-order chi connectivity index (χ1) is 12.5. The lowest BCUT2D eigenvalue weighted by molar-refractivity contribution is 0.104. The molecule has 1 heterocycles. The first-order valence-electron chi connectivity index (χ1n) is 7.66. The normalized spacial score (nSPS) is 11.0. The molecule has 0 amide bonds. The van der Waals surface area contributed by atoms with Gasteiger partial charge in [-0.2, -0.15) is 0 Å². The Hall–Kier alpha value is -2.20. The summed E-state index contributed by atoms with van der Waals surface area (Å²) in [6.45, 7) is 0.255. The number of ketones is 1. The van der Waals surface area contributed by atoms with Gasteiger partial charge in [0.15, 0.2) is 5.78 Å². The van der Waals surface area contributed by atoms with Crippen LogP contribution in [-0.4, -0.2) is 5.78 Å². The highest BCUT2D eigenvalue weighted by Gasteiger charge is 2.08. The predicted molar refractivity (Wildman–Crippen MR) is 104 cm³/mol. The van der Waals surface area contributed by atoms with E-state index in [0.717, 1.165) is 0 Å². The van der Waals surface area contributed by atoms with Gasteiger partial charge in [0.05, 0.1) is 5.02 Å². The third-order valence-corrected chi connectivity index (χ3v) is 4.24. The lowest BCUT2D eigenvalue weighted by atomic mass is 10.1. The Bertz CT molecular complexity index is 960. The molecule has 0 bridgehead atoms. The third-order valence-electron chi connectivity index (χ3n) is 3.46. The average molecular weight is 408 g/mol. The molecule has 0 radical (unpaired) electrons. The van der Waals surface area contributed by atoms with Gasteiger partial charge in [0.25, 0.3) is 0 Å². The standard InChI is InChI=1S/C20H13Cl3O3/c21-13-2-1-3-16(10-13)25-12-17-6-5-15(26-17)7-9-20(24)18-8-4-14(22)11-19(18)23/h1-11H,12H2/b9-7+. The van der Waals surface area contributed by atoms with Crippen LogP contribution in [0.5, 0.6) is 5.75 Å². The van der Waals surface area contributed by atoms with Crippen molar-refractivity contribution in [3.63, 3.8) is 0 Å². The molecule has 0 unspecified atom stereocenters. The summed E-state index contributed by atoms with van der Waals surface area (Å²) < 4.78 is 11.2. The van der Waals surface area contributed by atoms with E-state index in [1.165, 1.54) is 12.1 Å². The van der Waals surface area contributed by atoms with Crippen LogP contribution < -0.4 is 4.74 Å². The fourth-order valence-electron chi connectivity index (χ4n) is 2.21. The van der Waals surface area contributed by atoms with Gasteiger partial charge in [-0.3, -0.25) is 4.79 Å². The molecule has 1 aromatic heterocycles. The van der Waals surface area contributed by atoms with Crippen molar-refractivity contribution in [1.29, 1.82) is 0 Å². The van der Waals surface area contributed by atoms with Gasteiger partial charge >= 0.3 is 0 Å². The number of ether oxygens (including phenoxy) is 1. The average Bonchev–Trinajstić information content (AvgIpc) is 3.06. The van der Waals surface area contributed by atoms with Gasteiger partial charge in [-0.25, -0.2) is 0 Å². The highest BCUT2D eigenvalue weighted by Crippen LogP contribution is 2.22. The Labute approximate surface area is 165 Å². The van der Waals surface area contributed by atoms with E-state index in [0.29, 0.717) is 37.9 Å². The van der Waals surface area contributed by atoms with Gasteiger partial charge in [0.1, 0.15) is 23.9 Å². The number of halogens is 3. The maximum atomic E-state index is 12.2. The lowest BCUT2D eigenvalue weighted by Crippen LogP contribution is -1.95. The molecule has 0 aliphatic carbocycles. The summed E-state index contributed by atoms with van der Waals surface area (Å²) >= 11 is 17.8. The SMILES string of the molecule is O=C(/C=C/c1ccc(COc2cccc(Cl)c2)o1)c1ccc(Cl)cc1Cl. The largest absolute Gasteiger partial charge is 0.486 e. The van der Waals surface area contributed by atoms with E-state index in [9.17, 15) is 4.79 Å². The van der Waals surface area contributed by atoms with Gasteiger partial charge < -0.3 is 9.15 Å². The van der Waals surface area contributed by atoms with Crippen molar-refractivity contribution in [3.05, 3.63) is 92.8 Å². The predicted octanol–water partition coefficient (Wildman–Crippen LogP) is 6.71. The van der Waals surface area contributed by atoms with Crippen LogP contribution in [0.4, 0.5) is 0 Å². The first kappa shape index (κ1) is 18.6. The van der Waals surface area contributed by atoms with Gasteiger partial charge in [-0.15, -0.1) is 0 Å². The molecule has 0 saturated heterocycles. The van der Waals surface area contributed by atoms with Crippen LogP contribution in [0.25, 0.3) is 6.08 Å². The second kappa shape index (κ2) is 8.45. The first-order valence-corrected chi connectivity index (χ1v) is 8.79. The van der Waals surface area contributed by atoms with Crippen molar-refractivity contribution in [2.45, 2.75) is 6.61 Å². The zero-order valence-corrected chi connectivity index (χ0v) is 15.7. The van der Waals surface area contributed by atoms with Gasteiger partial charge in [0, 0.05) is 15.6 Å². The second-order valence-corrected chi connectivity index (χ2v) is 6.65. The number of benzene rings is 2. The Morgan fingerprint density at radius 2 is 1.81 bits per heavy atom. The monoisotopic (exact) mass is 406 g/mol. The molecule has 6 heteroatoms. The van der Waals surface area contributed by atoms with Crippen molar-refractivity contribution < 1.29 is 13.9 Å². The minimum atomic E-state index is -0.236. The maximum absolute atomic E-state index is 12.2. The van der Waals surface area contributed by atoms with Crippen molar-refractivity contribution in [2.24, 2.45) is 0 Å². The van der Waals surface area contributed by atoms with Crippen LogP contribution in [0.1, 0.15) is 21.9 Å². The molecule has 0 aliphatic heterocycles. The Balaban J connectivity index is 1.62. The fraction of sp³-hybridized carbons (Fsp3) is 0.0500. The summed E-state index contributed by atoms with van der Waals surface area (Å²) in [5, 5.41) is 1.39. The van der Waals surface area contributed by atoms with Gasteiger partial charge in [-0.1, -0.05) is 40.9 Å². The van der Waals surface area contributed by atoms with Crippen LogP contribution in [0, 0.1) is 0 Å². The molecule has 0 aliphatic rings. The number of carbonyl (C=O) groups is 1. The number of carbonyl (C=O) groups excluding carboxylic acids is 1. The molecule has 0 atom stereocenters. The number of hydrogen-bond donors (Lipinski definition) is 0. The maximum Gasteiger partial charge on any atom is 0.187 e. The van der Waals surface area contributed by atoms with Crippen LogP contribution in [0.3, 0.4) is 0 Å². The Kier molecular flexibility index (Phi) is 6.04. The van der Waals surface area contributed by atoms with E-state index >= 15 is 0 Å². The Morgan fingerprint density at radius 1 is 1.00 bits per heavy atom. The summed E-state index contributed by atoms with van der Waals surface area (Å²) in [6.07, 6.45) is 2.98. The summed E-state index contributed by atoms with van der Waals surface area (Å²) in [5.74, 6) is 1.58. The van der Waals surface area contributed by atoms with Crippen LogP contribution in [0.15, 0.2) is 65.1 Å². The number of rotatable bonds is 6. The molecule has 0 fully saturated rings. The highest BCUT2D eigenvalue weighted by molar-refractivity contribution is 6.37. The van der Waals surface area contributed by atoms with Crippen LogP contribution in [0.2, 0.25) is 15.1 Å². The van der Waals surface area contributed by atoms with Gasteiger partial charge in [-0.05, 0) is 60.7 Å². The summed E-state index contributed by atoms with van der Waals surface area (Å²) in [6, 6.07) is 15.4. The minimum absolute atomic E-state index is 0.236. The molecule has 3 rings (SSSR count). The number of hydrogen-bond acceptors (Lipinski definition) is 3. The summed E-state index contributed by atoms with van der Waals surface area (Å²) in [4.78, 5) is 12.2. The zero-order chi connectivity index (χ0) is 18.5. The summed E-state index contributed by atoms with van der Waals surface area (Å²) in [7, 11) is 0. The van der Waals surface area contributed by atoms with E-state index in [1.807, 2.05) is 12.1 Å². The van der Waals surface area contributed by atoms with Crippen LogP contribution >= 0.6 is 34.8 Å². The molecule has 0 N–H and O–H groups in total. The van der Waals surface area contributed by atoms with E-state index in [1.54, 1.807) is 42.5 Å². The molecule has 26 heavy (non-hydrogen) atoms. The van der Waals surface area contributed by atoms with E-state index in [4.69, 9.17) is 44.0 Å².